The largest absolute Gasteiger partial charge is 0.376 e. The van der Waals surface area contributed by atoms with Gasteiger partial charge in [0.05, 0.1) is 17.8 Å². The first kappa shape index (κ1) is 31.3. The van der Waals surface area contributed by atoms with E-state index in [4.69, 9.17) is 0 Å². The molecule has 2 atom stereocenters. The van der Waals surface area contributed by atoms with Gasteiger partial charge in [0.15, 0.2) is 0 Å². The number of aryl methyl sites for hydroxylation is 2. The third-order valence-electron chi connectivity index (χ3n) is 8.71. The fourth-order valence-electron chi connectivity index (χ4n) is 6.06. The van der Waals surface area contributed by atoms with Gasteiger partial charge in [-0.05, 0) is 85.9 Å². The molecule has 2 aliphatic rings. The smallest absolute Gasteiger partial charge is 0.258 e. The summed E-state index contributed by atoms with van der Waals surface area (Å²) in [7, 11) is 1.69. The van der Waals surface area contributed by atoms with Gasteiger partial charge in [-0.1, -0.05) is 58.9 Å². The number of nitrogens with zero attached hydrogens (tertiary/aromatic N) is 3. The van der Waals surface area contributed by atoms with E-state index in [-0.39, 0.29) is 41.9 Å². The SMILES string of the molecule is CCC(C)(O)N(C)C1CC(=O)N(c2c(C)cc(Cc3cc(C)c(N4C(=O)C=CC4=O)c(C(C)C)c3)cc2C(C)C)C1=O. The van der Waals surface area contributed by atoms with Crippen LogP contribution in [0.25, 0.3) is 0 Å². The minimum Gasteiger partial charge on any atom is -0.376 e. The molecule has 1 fully saturated rings. The van der Waals surface area contributed by atoms with Crippen molar-refractivity contribution in [3.63, 3.8) is 0 Å². The van der Waals surface area contributed by atoms with Gasteiger partial charge in [-0.2, -0.15) is 0 Å². The van der Waals surface area contributed by atoms with Crippen LogP contribution >= 0.6 is 0 Å². The van der Waals surface area contributed by atoms with Crippen LogP contribution in [0.3, 0.4) is 0 Å². The molecule has 4 amide bonds. The summed E-state index contributed by atoms with van der Waals surface area (Å²) < 4.78 is 0. The highest BCUT2D eigenvalue weighted by Crippen LogP contribution is 2.39. The van der Waals surface area contributed by atoms with E-state index in [1.165, 1.54) is 22.0 Å². The topological polar surface area (TPSA) is 98.2 Å². The Balaban J connectivity index is 1.72. The molecule has 0 bridgehead atoms. The Labute approximate surface area is 249 Å². The molecule has 0 spiro atoms. The fraction of sp³-hybridized carbons (Fsp3) is 0.471. The van der Waals surface area contributed by atoms with Crippen LogP contribution in [0.4, 0.5) is 11.4 Å². The molecule has 2 unspecified atom stereocenters. The number of imide groups is 2. The van der Waals surface area contributed by atoms with Crippen LogP contribution in [0, 0.1) is 13.8 Å². The maximum atomic E-state index is 13.6. The molecule has 2 aromatic rings. The van der Waals surface area contributed by atoms with Crippen molar-refractivity contribution in [2.45, 2.75) is 98.3 Å². The maximum absolute atomic E-state index is 13.6. The standard InChI is InChI=1S/C34H43N3O5/c1-10-34(8,42)35(9)27-18-30(40)37(33(27)41)32-22(7)14-24(17-26(32)20(4)5)15-23-13-21(6)31(25(16-23)19(2)3)36-28(38)11-12-29(36)39/h11-14,16-17,19-20,27,42H,10,15,18H2,1-9H3. The summed E-state index contributed by atoms with van der Waals surface area (Å²) in [4.78, 5) is 56.1. The third kappa shape index (κ3) is 5.57. The average Bonchev–Trinajstić information content (AvgIpc) is 3.39. The molecule has 2 aliphatic heterocycles. The number of amides is 4. The predicted molar refractivity (Wildman–Crippen MR) is 165 cm³/mol. The number of carbonyl (C=O) groups excluding carboxylic acids is 4. The number of likely N-dealkylation sites (N-methyl/N-ethyl adjacent to an activating group) is 1. The zero-order valence-corrected chi connectivity index (χ0v) is 26.2. The maximum Gasteiger partial charge on any atom is 0.258 e. The van der Waals surface area contributed by atoms with Crippen molar-refractivity contribution in [3.05, 3.63) is 69.8 Å². The van der Waals surface area contributed by atoms with Crippen LogP contribution in [-0.4, -0.2) is 52.4 Å². The second-order valence-electron chi connectivity index (χ2n) is 12.5. The summed E-state index contributed by atoms with van der Waals surface area (Å²) in [6, 6.07) is 7.45. The number of hydrogen-bond donors (Lipinski definition) is 1. The van der Waals surface area contributed by atoms with E-state index in [0.717, 1.165) is 33.4 Å². The lowest BCUT2D eigenvalue weighted by molar-refractivity contribution is -0.136. The highest BCUT2D eigenvalue weighted by Gasteiger charge is 2.46. The van der Waals surface area contributed by atoms with Gasteiger partial charge in [0.2, 0.25) is 5.91 Å². The second-order valence-corrected chi connectivity index (χ2v) is 12.5. The lowest BCUT2D eigenvalue weighted by Gasteiger charge is -2.36. The van der Waals surface area contributed by atoms with Crippen molar-refractivity contribution >= 4 is 35.0 Å². The first-order chi connectivity index (χ1) is 19.6. The molecule has 0 saturated carbocycles. The van der Waals surface area contributed by atoms with Crippen molar-refractivity contribution in [2.24, 2.45) is 0 Å². The highest BCUT2D eigenvalue weighted by atomic mass is 16.3. The molecule has 0 aliphatic carbocycles. The van der Waals surface area contributed by atoms with Crippen LogP contribution < -0.4 is 9.80 Å². The first-order valence-corrected chi connectivity index (χ1v) is 14.7. The molecule has 8 nitrogen and oxygen atoms in total. The molecule has 0 radical (unpaired) electrons. The van der Waals surface area contributed by atoms with Gasteiger partial charge in [-0.25, -0.2) is 9.80 Å². The summed E-state index contributed by atoms with van der Waals surface area (Å²) in [5, 5.41) is 10.8. The zero-order chi connectivity index (χ0) is 31.3. The van der Waals surface area contributed by atoms with E-state index >= 15 is 0 Å². The Morgan fingerprint density at radius 3 is 1.74 bits per heavy atom. The zero-order valence-electron chi connectivity index (χ0n) is 26.2. The quantitative estimate of drug-likeness (QED) is 0.325. The normalized spacial score (nSPS) is 18.9. The average molecular weight is 574 g/mol. The molecule has 2 heterocycles. The number of hydrogen-bond acceptors (Lipinski definition) is 6. The minimum atomic E-state index is -1.20. The summed E-state index contributed by atoms with van der Waals surface area (Å²) in [5.74, 6) is -1.12. The first-order valence-electron chi connectivity index (χ1n) is 14.7. The van der Waals surface area contributed by atoms with Crippen molar-refractivity contribution in [3.8, 4) is 0 Å². The Bertz CT molecular complexity index is 1470. The second kappa shape index (κ2) is 11.6. The van der Waals surface area contributed by atoms with E-state index in [1.54, 1.807) is 18.9 Å². The van der Waals surface area contributed by atoms with Gasteiger partial charge in [0.25, 0.3) is 17.7 Å². The van der Waals surface area contributed by atoms with E-state index in [1.807, 2.05) is 60.6 Å². The van der Waals surface area contributed by atoms with Crippen molar-refractivity contribution in [2.75, 3.05) is 16.8 Å². The minimum absolute atomic E-state index is 0.0192. The molecule has 1 N–H and O–H groups in total. The molecule has 224 valence electrons. The van der Waals surface area contributed by atoms with Crippen LogP contribution in [0.5, 0.6) is 0 Å². The molecule has 2 aromatic carbocycles. The van der Waals surface area contributed by atoms with Gasteiger partial charge < -0.3 is 5.11 Å². The summed E-state index contributed by atoms with van der Waals surface area (Å²) in [6.07, 6.45) is 3.66. The van der Waals surface area contributed by atoms with Gasteiger partial charge >= 0.3 is 0 Å². The van der Waals surface area contributed by atoms with Crippen LogP contribution in [0.15, 0.2) is 36.4 Å². The summed E-state index contributed by atoms with van der Waals surface area (Å²) in [5.41, 5.74) is 5.69. The molecule has 0 aromatic heterocycles. The van der Waals surface area contributed by atoms with E-state index in [0.29, 0.717) is 24.2 Å². The summed E-state index contributed by atoms with van der Waals surface area (Å²) in [6.45, 7) is 15.5. The Hall–Kier alpha value is -3.62. The van der Waals surface area contributed by atoms with E-state index in [2.05, 4.69) is 12.1 Å². The highest BCUT2D eigenvalue weighted by molar-refractivity contribution is 6.28. The predicted octanol–water partition coefficient (Wildman–Crippen LogP) is 5.25. The number of anilines is 2. The van der Waals surface area contributed by atoms with Crippen LogP contribution in [0.2, 0.25) is 0 Å². The molecule has 4 rings (SSSR count). The molecular weight excluding hydrogens is 530 g/mol. The molecule has 1 saturated heterocycles. The van der Waals surface area contributed by atoms with E-state index < -0.39 is 11.8 Å². The fourth-order valence-corrected chi connectivity index (χ4v) is 6.06. The lowest BCUT2D eigenvalue weighted by atomic mass is 9.89. The van der Waals surface area contributed by atoms with Gasteiger partial charge in [-0.3, -0.25) is 24.1 Å². The number of benzene rings is 2. The van der Waals surface area contributed by atoms with Crippen LogP contribution in [-0.2, 0) is 25.6 Å². The van der Waals surface area contributed by atoms with Gasteiger partial charge in [-0.15, -0.1) is 0 Å². The Kier molecular flexibility index (Phi) is 8.63. The van der Waals surface area contributed by atoms with Crippen LogP contribution in [0.1, 0.15) is 99.6 Å². The van der Waals surface area contributed by atoms with Crippen molar-refractivity contribution in [1.29, 1.82) is 0 Å². The van der Waals surface area contributed by atoms with Crippen molar-refractivity contribution in [1.82, 2.24) is 4.90 Å². The van der Waals surface area contributed by atoms with Crippen molar-refractivity contribution < 1.29 is 24.3 Å². The van der Waals surface area contributed by atoms with E-state index in [9.17, 15) is 24.3 Å². The number of aliphatic hydroxyl groups is 1. The molecule has 42 heavy (non-hydrogen) atoms. The number of rotatable bonds is 9. The molecule has 8 heteroatoms. The molecular formula is C34H43N3O5. The van der Waals surface area contributed by atoms with Gasteiger partial charge in [0.1, 0.15) is 11.8 Å². The monoisotopic (exact) mass is 573 g/mol. The number of carbonyl (C=O) groups is 4. The third-order valence-corrected chi connectivity index (χ3v) is 8.71. The van der Waals surface area contributed by atoms with Gasteiger partial charge in [0, 0.05) is 12.2 Å². The summed E-state index contributed by atoms with van der Waals surface area (Å²) >= 11 is 0. The lowest BCUT2D eigenvalue weighted by Crippen LogP contribution is -2.52. The Morgan fingerprint density at radius 2 is 1.31 bits per heavy atom. The Morgan fingerprint density at radius 1 is 0.857 bits per heavy atom.